The fourth-order valence-corrected chi connectivity index (χ4v) is 24.2. The summed E-state index contributed by atoms with van der Waals surface area (Å²) in [4.78, 5) is 40.2. The summed E-state index contributed by atoms with van der Waals surface area (Å²) < 4.78 is 12.1. The number of carbonyl (C=O) groups is 1. The molecule has 6 heterocycles. The van der Waals surface area contributed by atoms with Crippen molar-refractivity contribution in [1.82, 2.24) is 45.4 Å². The van der Waals surface area contributed by atoms with E-state index >= 15 is 0 Å². The third-order valence-electron chi connectivity index (χ3n) is 12.7. The monoisotopic (exact) mass is 1140 g/mol. The number of hydrogen-bond donors (Lipinski definition) is 2. The number of nitrogens with one attached hydrogen (secondary N) is 2. The summed E-state index contributed by atoms with van der Waals surface area (Å²) >= 11 is 1.15. The minimum absolute atomic E-state index is 0. The zero-order chi connectivity index (χ0) is 48.9. The molecule has 3 aromatic carbocycles. The second kappa shape index (κ2) is 29.2. The molecule has 0 spiro atoms. The molecule has 0 atom stereocenters. The molecule has 0 unspecified atom stereocenters. The Hall–Kier alpha value is -4.34. The van der Waals surface area contributed by atoms with E-state index in [0.29, 0.717) is 6.54 Å². The minimum atomic E-state index is -2.32. The fourth-order valence-electron chi connectivity index (χ4n) is 8.96. The number of aromatic nitrogens is 6. The summed E-state index contributed by atoms with van der Waals surface area (Å²) in [7, 11) is 0. The molecule has 374 valence electrons. The van der Waals surface area contributed by atoms with Crippen molar-refractivity contribution in [3.05, 3.63) is 148 Å². The van der Waals surface area contributed by atoms with Gasteiger partial charge in [0.2, 0.25) is 0 Å². The first-order chi connectivity index (χ1) is 33.5. The van der Waals surface area contributed by atoms with Gasteiger partial charge in [-0.05, 0) is 123 Å². The number of halogens is 2. The number of hydrogen-bond acceptors (Lipinski definition) is 10. The average Bonchev–Trinajstić information content (AvgIpc) is 3.39. The SMILES string of the molecule is CC(C)(C)OC(=O)N1CCc2cc(Br)ccc2C1.CCC[CH2][Sn]([CH2]CCC)([CH2]CCC)[c]1ncccn1.Cl.c1cnc(-c2ccc3c(c2)CCNC3)nc1.c1cnc(-c2ccc3c(c2)CCNC3)nc1. The average molecular weight is 1140 g/mol. The van der Waals surface area contributed by atoms with Gasteiger partial charge in [-0.15, -0.1) is 12.4 Å². The number of carbonyl (C=O) groups excluding carboxylic acids is 1. The van der Waals surface area contributed by atoms with Gasteiger partial charge < -0.3 is 20.3 Å². The number of fused-ring (bicyclic) bond motifs is 3. The molecule has 0 aliphatic carbocycles. The van der Waals surface area contributed by atoms with Crippen molar-refractivity contribution < 1.29 is 9.53 Å². The van der Waals surface area contributed by atoms with Crippen LogP contribution in [0.3, 0.4) is 0 Å². The maximum atomic E-state index is 12.0. The van der Waals surface area contributed by atoms with Gasteiger partial charge in [0, 0.05) is 66.6 Å². The molecule has 2 N–H and O–H groups in total. The van der Waals surface area contributed by atoms with E-state index in [1.807, 2.05) is 57.4 Å². The van der Waals surface area contributed by atoms with Crippen LogP contribution in [0.25, 0.3) is 22.8 Å². The molecule has 70 heavy (non-hydrogen) atoms. The quantitative estimate of drug-likeness (QED) is 0.114. The minimum Gasteiger partial charge on any atom is -0.312 e. The van der Waals surface area contributed by atoms with Gasteiger partial charge in [0.1, 0.15) is 5.60 Å². The van der Waals surface area contributed by atoms with Crippen LogP contribution in [0.1, 0.15) is 113 Å². The zero-order valence-corrected chi connectivity index (χ0v) is 47.6. The molecule has 9 rings (SSSR count). The van der Waals surface area contributed by atoms with Gasteiger partial charge >= 0.3 is 129 Å². The molecule has 14 heteroatoms. The smallest absolute Gasteiger partial charge is 0.159 e. The fraction of sp³-hybridized carbons (Fsp3) is 0.446. The van der Waals surface area contributed by atoms with E-state index in [0.717, 1.165) is 79.2 Å². The molecule has 0 radical (unpaired) electrons. The van der Waals surface area contributed by atoms with Crippen LogP contribution in [0.5, 0.6) is 0 Å². The normalized spacial score (nSPS) is 13.7. The molecule has 0 fully saturated rings. The molecule has 3 aromatic heterocycles. The molecular formula is C56H75BrClN9O2Sn. The second-order valence-corrected chi connectivity index (χ2v) is 33.0. The summed E-state index contributed by atoms with van der Waals surface area (Å²) in [6.07, 6.45) is 21.9. The summed E-state index contributed by atoms with van der Waals surface area (Å²) in [5, 5.41) is 6.74. The first-order valence-corrected chi connectivity index (χ1v) is 33.5. The predicted molar refractivity (Wildman–Crippen MR) is 294 cm³/mol. The van der Waals surface area contributed by atoms with Crippen molar-refractivity contribution in [1.29, 1.82) is 0 Å². The van der Waals surface area contributed by atoms with E-state index in [-0.39, 0.29) is 18.5 Å². The van der Waals surface area contributed by atoms with Crippen LogP contribution < -0.4 is 14.5 Å². The maximum Gasteiger partial charge on any atom is 0.159 e. The van der Waals surface area contributed by atoms with E-state index < -0.39 is 24.0 Å². The summed E-state index contributed by atoms with van der Waals surface area (Å²) in [6.45, 7) is 18.0. The Labute approximate surface area is 436 Å². The third kappa shape index (κ3) is 17.5. The Morgan fingerprint density at radius 2 is 1.06 bits per heavy atom. The van der Waals surface area contributed by atoms with Crippen LogP contribution in [-0.4, -0.2) is 84.5 Å². The summed E-state index contributed by atoms with van der Waals surface area (Å²) in [5.74, 6) is 1.62. The number of benzene rings is 3. The largest absolute Gasteiger partial charge is 0.312 e. The van der Waals surface area contributed by atoms with Crippen molar-refractivity contribution in [3.63, 3.8) is 0 Å². The van der Waals surface area contributed by atoms with Crippen LogP contribution in [0, 0.1) is 0 Å². The van der Waals surface area contributed by atoms with Gasteiger partial charge in [-0.2, -0.15) is 0 Å². The number of nitrogens with zero attached hydrogens (tertiary/aromatic N) is 7. The van der Waals surface area contributed by atoms with Gasteiger partial charge in [-0.3, -0.25) is 0 Å². The Balaban J connectivity index is 0.000000173. The zero-order valence-electron chi connectivity index (χ0n) is 42.4. The van der Waals surface area contributed by atoms with Crippen LogP contribution in [0.15, 0.2) is 114 Å². The maximum absolute atomic E-state index is 12.0. The van der Waals surface area contributed by atoms with Crippen LogP contribution in [-0.2, 0) is 43.6 Å². The summed E-state index contributed by atoms with van der Waals surface area (Å²) in [5.41, 5.74) is 9.93. The van der Waals surface area contributed by atoms with Gasteiger partial charge in [-0.25, -0.2) is 24.7 Å². The van der Waals surface area contributed by atoms with E-state index in [9.17, 15) is 4.79 Å². The van der Waals surface area contributed by atoms with E-state index in [1.165, 1.54) is 89.1 Å². The molecular weight excluding hydrogens is 1060 g/mol. The summed E-state index contributed by atoms with van der Waals surface area (Å²) in [6, 6.07) is 24.8. The van der Waals surface area contributed by atoms with E-state index in [4.69, 9.17) is 14.7 Å². The van der Waals surface area contributed by atoms with Crippen molar-refractivity contribution in [2.24, 2.45) is 0 Å². The number of amides is 1. The Bertz CT molecular complexity index is 2370. The van der Waals surface area contributed by atoms with Gasteiger partial charge in [0.15, 0.2) is 11.6 Å². The van der Waals surface area contributed by atoms with Gasteiger partial charge in [0.05, 0.1) is 0 Å². The molecule has 0 saturated heterocycles. The Morgan fingerprint density at radius 1 is 0.614 bits per heavy atom. The molecule has 0 bridgehead atoms. The Kier molecular flexibility index (Phi) is 23.6. The van der Waals surface area contributed by atoms with Crippen molar-refractivity contribution in [3.8, 4) is 22.8 Å². The standard InChI is InChI=1S/C14H18BrNO2.2C13H13N3.C4H3N2.3C4H9.ClH.Sn/c1-14(2,3)18-13(17)16-7-6-10-8-12(15)5-4-11(10)9-16;2*1-5-15-13(16-6-1)11-2-3-12-9-14-7-4-10(12)8-11;1-2-5-4-6-3-1;3*1-3-4-2;;/h4-5,8H,6-7,9H2,1-3H3;2*1-3,5-6,8,14H,4,7,9H2;1-3H;3*1,3-4H2,2H3;1H;. The van der Waals surface area contributed by atoms with Crippen molar-refractivity contribution in [2.75, 3.05) is 19.6 Å². The predicted octanol–water partition coefficient (Wildman–Crippen LogP) is 12.3. The van der Waals surface area contributed by atoms with E-state index in [1.54, 1.807) is 29.7 Å². The molecule has 6 aromatic rings. The van der Waals surface area contributed by atoms with Crippen molar-refractivity contribution in [2.45, 2.75) is 138 Å². The number of unbranched alkanes of at least 4 members (excludes halogenated alkanes) is 3. The first-order valence-electron chi connectivity index (χ1n) is 25.2. The molecule has 3 aliphatic rings. The van der Waals surface area contributed by atoms with Crippen LogP contribution in [0.4, 0.5) is 4.79 Å². The van der Waals surface area contributed by atoms with Crippen LogP contribution >= 0.6 is 28.3 Å². The topological polar surface area (TPSA) is 131 Å². The van der Waals surface area contributed by atoms with Gasteiger partial charge in [0.25, 0.3) is 0 Å². The van der Waals surface area contributed by atoms with E-state index in [2.05, 4.69) is 116 Å². The van der Waals surface area contributed by atoms with Crippen molar-refractivity contribution >= 4 is 56.6 Å². The number of ether oxygens (including phenoxy) is 1. The number of rotatable bonds is 12. The first kappa shape index (κ1) is 56.6. The third-order valence-corrected chi connectivity index (χ3v) is 27.9. The molecule has 11 nitrogen and oxygen atoms in total. The molecule has 3 aliphatic heterocycles. The van der Waals surface area contributed by atoms with Gasteiger partial charge in [-0.1, -0.05) is 46.3 Å². The second-order valence-electron chi connectivity index (χ2n) is 19.2. The van der Waals surface area contributed by atoms with Crippen LogP contribution in [0.2, 0.25) is 13.3 Å². The molecule has 1 amide bonds. The Morgan fingerprint density at radius 3 is 1.51 bits per heavy atom. The molecule has 0 saturated carbocycles.